The lowest BCUT2D eigenvalue weighted by molar-refractivity contribution is -0.143. The third-order valence-corrected chi connectivity index (χ3v) is 7.96. The van der Waals surface area contributed by atoms with Crippen LogP contribution in [0.2, 0.25) is 0 Å². The summed E-state index contributed by atoms with van der Waals surface area (Å²) >= 11 is 0. The van der Waals surface area contributed by atoms with Gasteiger partial charge >= 0.3 is 0 Å². The van der Waals surface area contributed by atoms with Gasteiger partial charge in [-0.15, -0.1) is 0 Å². The Kier molecular flexibility index (Phi) is 4.91. The first-order valence-corrected chi connectivity index (χ1v) is 11.5. The van der Waals surface area contributed by atoms with Crippen LogP contribution < -0.4 is 0 Å². The zero-order valence-corrected chi connectivity index (χ0v) is 18.7. The maximum Gasteiger partial charge on any atom is 0.244 e. The third kappa shape index (κ3) is 3.27. The number of carbonyl (C=O) groups excluding carboxylic acids is 2. The smallest absolute Gasteiger partial charge is 0.244 e. The first kappa shape index (κ1) is 20.3. The summed E-state index contributed by atoms with van der Waals surface area (Å²) in [5, 5.41) is 4.34. The number of aromatic nitrogens is 2. The number of hydrogen-bond donors (Lipinski definition) is 0. The van der Waals surface area contributed by atoms with Gasteiger partial charge in [-0.3, -0.25) is 14.3 Å². The van der Waals surface area contributed by atoms with Crippen molar-refractivity contribution >= 4 is 11.8 Å². The van der Waals surface area contributed by atoms with E-state index in [0.29, 0.717) is 0 Å². The number of nitrogens with zero attached hydrogens (tertiary/aromatic N) is 4. The normalized spacial score (nSPS) is 31.7. The molecule has 1 aromatic heterocycles. The summed E-state index contributed by atoms with van der Waals surface area (Å²) in [4.78, 5) is 30.9. The Balaban J connectivity index is 1.53. The van der Waals surface area contributed by atoms with Gasteiger partial charge < -0.3 is 9.80 Å². The van der Waals surface area contributed by atoms with Gasteiger partial charge in [0.1, 0.15) is 6.54 Å². The van der Waals surface area contributed by atoms with E-state index >= 15 is 0 Å². The molecule has 31 heavy (non-hydrogen) atoms. The topological polar surface area (TPSA) is 58.4 Å². The average molecular weight is 421 g/mol. The Morgan fingerprint density at radius 1 is 1.13 bits per heavy atom. The zero-order chi connectivity index (χ0) is 21.8. The molecule has 0 N–H and O–H groups in total. The van der Waals surface area contributed by atoms with Crippen molar-refractivity contribution in [1.29, 1.82) is 0 Å². The summed E-state index contributed by atoms with van der Waals surface area (Å²) in [6.45, 7) is 6.27. The van der Waals surface area contributed by atoms with Crippen LogP contribution in [0.25, 0.3) is 0 Å². The molecule has 2 aromatic rings. The van der Waals surface area contributed by atoms with E-state index < -0.39 is 0 Å². The molecule has 164 valence electrons. The Morgan fingerprint density at radius 3 is 2.48 bits per heavy atom. The molecule has 2 bridgehead atoms. The van der Waals surface area contributed by atoms with E-state index in [1.165, 1.54) is 5.56 Å². The van der Waals surface area contributed by atoms with E-state index in [1.807, 2.05) is 19.2 Å². The van der Waals surface area contributed by atoms with Gasteiger partial charge in [0.05, 0.1) is 18.3 Å². The minimum Gasteiger partial charge on any atom is -0.334 e. The van der Waals surface area contributed by atoms with Gasteiger partial charge in [0.15, 0.2) is 0 Å². The standard InChI is InChI=1S/C25H32N4O2/c1-17-14-26-27(15-17)16-24(31)29-21-13-25(3)22(10-7-11-23(25)29)28(18(2)30)20(21)12-19-8-5-4-6-9-19/h4-6,8-9,14-15,20-23H,7,10-13,16H2,1-3H3/t20-,21+,22-,23+,25-/m1/s1. The number of amides is 2. The maximum atomic E-state index is 13.6. The monoisotopic (exact) mass is 420 g/mol. The molecule has 1 saturated carbocycles. The second kappa shape index (κ2) is 7.50. The SMILES string of the molecule is CC(=O)N1[C@H](Cc2ccccc2)[C@@H]2C[C@@]3(C)[C@H](CCC[C@@H]13)N2C(=O)Cn1cc(C)cn1. The summed E-state index contributed by atoms with van der Waals surface area (Å²) in [6, 6.07) is 10.9. The van der Waals surface area contributed by atoms with Crippen molar-refractivity contribution in [2.24, 2.45) is 5.41 Å². The molecule has 5 rings (SSSR count). The fraction of sp³-hybridized carbons (Fsp3) is 0.560. The Hall–Kier alpha value is -2.63. The minimum atomic E-state index is -0.0303. The van der Waals surface area contributed by atoms with Crippen LogP contribution in [0, 0.1) is 12.3 Å². The molecule has 3 fully saturated rings. The van der Waals surface area contributed by atoms with Crippen molar-refractivity contribution < 1.29 is 9.59 Å². The van der Waals surface area contributed by atoms with Crippen LogP contribution in [-0.2, 0) is 22.6 Å². The van der Waals surface area contributed by atoms with Gasteiger partial charge in [-0.25, -0.2) is 0 Å². The van der Waals surface area contributed by atoms with Crippen LogP contribution in [0.1, 0.15) is 50.7 Å². The highest BCUT2D eigenvalue weighted by Crippen LogP contribution is 2.56. The molecule has 1 aliphatic carbocycles. The Labute approximate surface area is 184 Å². The summed E-state index contributed by atoms with van der Waals surface area (Å²) in [7, 11) is 0. The van der Waals surface area contributed by atoms with Gasteiger partial charge in [-0.1, -0.05) is 37.3 Å². The summed E-state index contributed by atoms with van der Waals surface area (Å²) in [5.41, 5.74) is 2.25. The third-order valence-electron chi connectivity index (χ3n) is 7.96. The van der Waals surface area contributed by atoms with E-state index in [1.54, 1.807) is 17.8 Å². The highest BCUT2D eigenvalue weighted by atomic mass is 16.2. The van der Waals surface area contributed by atoms with Crippen molar-refractivity contribution in [3.05, 3.63) is 53.9 Å². The van der Waals surface area contributed by atoms with E-state index in [2.05, 4.69) is 46.1 Å². The molecule has 5 atom stereocenters. The fourth-order valence-corrected chi connectivity index (χ4v) is 6.77. The van der Waals surface area contributed by atoms with Crippen LogP contribution in [0.5, 0.6) is 0 Å². The number of fused-ring (bicyclic) bond motifs is 1. The van der Waals surface area contributed by atoms with Gasteiger partial charge in [0, 0.05) is 30.6 Å². The summed E-state index contributed by atoms with van der Waals surface area (Å²) < 4.78 is 1.75. The number of carbonyl (C=O) groups is 2. The molecule has 3 aliphatic rings. The lowest BCUT2D eigenvalue weighted by Crippen LogP contribution is -2.62. The minimum absolute atomic E-state index is 0.0179. The first-order chi connectivity index (χ1) is 14.9. The molecule has 2 amide bonds. The number of rotatable bonds is 4. The van der Waals surface area contributed by atoms with Crippen LogP contribution in [0.3, 0.4) is 0 Å². The Bertz CT molecular complexity index is 986. The van der Waals surface area contributed by atoms with Crippen molar-refractivity contribution in [2.75, 3.05) is 0 Å². The quantitative estimate of drug-likeness (QED) is 0.763. The lowest BCUT2D eigenvalue weighted by Gasteiger charge is -2.52. The predicted molar refractivity (Wildman–Crippen MR) is 118 cm³/mol. The predicted octanol–water partition coefficient (Wildman–Crippen LogP) is 3.19. The van der Waals surface area contributed by atoms with Gasteiger partial charge in [-0.2, -0.15) is 5.10 Å². The highest BCUT2D eigenvalue weighted by Gasteiger charge is 2.64. The van der Waals surface area contributed by atoms with Crippen molar-refractivity contribution in [2.45, 2.75) is 83.6 Å². The molecule has 3 heterocycles. The van der Waals surface area contributed by atoms with Crippen molar-refractivity contribution in [3.63, 3.8) is 0 Å². The van der Waals surface area contributed by atoms with Gasteiger partial charge in [0.25, 0.3) is 0 Å². The molecule has 1 aromatic carbocycles. The highest BCUT2D eigenvalue weighted by molar-refractivity contribution is 5.79. The van der Waals surface area contributed by atoms with Crippen LogP contribution in [0.4, 0.5) is 0 Å². The van der Waals surface area contributed by atoms with Gasteiger partial charge in [0.2, 0.25) is 11.8 Å². The van der Waals surface area contributed by atoms with Crippen LogP contribution >= 0.6 is 0 Å². The molecule has 6 heteroatoms. The second-order valence-corrected chi connectivity index (χ2v) is 9.94. The lowest BCUT2D eigenvalue weighted by atomic mass is 9.64. The first-order valence-electron chi connectivity index (χ1n) is 11.5. The van der Waals surface area contributed by atoms with E-state index in [0.717, 1.165) is 37.7 Å². The molecule has 6 nitrogen and oxygen atoms in total. The number of hydrogen-bond acceptors (Lipinski definition) is 3. The van der Waals surface area contributed by atoms with E-state index in [9.17, 15) is 9.59 Å². The second-order valence-electron chi connectivity index (χ2n) is 9.94. The van der Waals surface area contributed by atoms with E-state index in [-0.39, 0.29) is 47.9 Å². The van der Waals surface area contributed by atoms with Gasteiger partial charge in [-0.05, 0) is 50.2 Å². The van der Waals surface area contributed by atoms with Crippen molar-refractivity contribution in [3.8, 4) is 0 Å². The summed E-state index contributed by atoms with van der Waals surface area (Å²) in [6.07, 6.45) is 8.60. The number of aryl methyl sites for hydroxylation is 1. The number of piperidine rings is 1. The summed E-state index contributed by atoms with van der Waals surface area (Å²) in [5.74, 6) is 0.269. The van der Waals surface area contributed by atoms with Crippen LogP contribution in [0.15, 0.2) is 42.7 Å². The number of benzene rings is 1. The average Bonchev–Trinajstić information content (AvgIpc) is 3.28. The Morgan fingerprint density at radius 2 is 1.84 bits per heavy atom. The van der Waals surface area contributed by atoms with Crippen LogP contribution in [-0.4, -0.2) is 55.6 Å². The molecule has 0 unspecified atom stereocenters. The van der Waals surface area contributed by atoms with Crippen molar-refractivity contribution in [1.82, 2.24) is 19.6 Å². The molecule has 0 radical (unpaired) electrons. The number of likely N-dealkylation sites (tertiary alicyclic amines) is 2. The zero-order valence-electron chi connectivity index (χ0n) is 18.7. The molecule has 0 spiro atoms. The maximum absolute atomic E-state index is 13.6. The largest absolute Gasteiger partial charge is 0.334 e. The molecule has 2 aliphatic heterocycles. The van der Waals surface area contributed by atoms with E-state index in [4.69, 9.17) is 0 Å². The molecule has 2 saturated heterocycles. The molecular weight excluding hydrogens is 388 g/mol. The fourth-order valence-electron chi connectivity index (χ4n) is 6.77. The molecular formula is C25H32N4O2.